The van der Waals surface area contributed by atoms with Crippen LogP contribution in [0.5, 0.6) is 0 Å². The molecule has 1 atom stereocenters. The molecule has 1 aromatic rings. The summed E-state index contributed by atoms with van der Waals surface area (Å²) in [6.07, 6.45) is 0. The van der Waals surface area contributed by atoms with E-state index in [0.29, 0.717) is 5.02 Å². The van der Waals surface area contributed by atoms with E-state index < -0.39 is 0 Å². The Morgan fingerprint density at radius 3 is 2.60 bits per heavy atom. The summed E-state index contributed by atoms with van der Waals surface area (Å²) in [5, 5.41) is 9.89. The van der Waals surface area contributed by atoms with Gasteiger partial charge >= 0.3 is 0 Å². The first kappa shape index (κ1) is 13.0. The lowest BCUT2D eigenvalue weighted by Gasteiger charge is -2.29. The van der Waals surface area contributed by atoms with E-state index in [1.807, 2.05) is 26.0 Å². The van der Waals surface area contributed by atoms with Gasteiger partial charge in [-0.1, -0.05) is 31.5 Å². The van der Waals surface area contributed by atoms with Gasteiger partial charge in [-0.25, -0.2) is 0 Å². The first-order valence-corrected chi connectivity index (χ1v) is 5.87. The maximum atomic E-state index is 9.23. The molecule has 3 N–H and O–H groups in total. The van der Waals surface area contributed by atoms with Crippen LogP contribution in [0.2, 0.25) is 5.02 Å². The SMILES string of the molecule is CC(C)(CO)[C@@H](N)c1ccc(Cl)c(Br)c1. The van der Waals surface area contributed by atoms with E-state index in [1.54, 1.807) is 6.07 Å². The number of aliphatic hydroxyl groups excluding tert-OH is 1. The summed E-state index contributed by atoms with van der Waals surface area (Å²) in [6.45, 7) is 3.91. The minimum atomic E-state index is -0.340. The summed E-state index contributed by atoms with van der Waals surface area (Å²) in [6, 6.07) is 5.37. The molecule has 0 unspecified atom stereocenters. The second kappa shape index (κ2) is 4.83. The van der Waals surface area contributed by atoms with Crippen LogP contribution in [0.25, 0.3) is 0 Å². The molecular weight excluding hydrogens is 277 g/mol. The molecule has 0 spiro atoms. The quantitative estimate of drug-likeness (QED) is 0.899. The summed E-state index contributed by atoms with van der Waals surface area (Å²) in [5.41, 5.74) is 6.70. The molecule has 0 saturated heterocycles. The van der Waals surface area contributed by atoms with Crippen molar-refractivity contribution >= 4 is 27.5 Å². The lowest BCUT2D eigenvalue weighted by Crippen LogP contribution is -2.32. The Bertz CT molecular complexity index is 354. The molecule has 0 aliphatic carbocycles. The van der Waals surface area contributed by atoms with Gasteiger partial charge in [-0.15, -0.1) is 0 Å². The second-order valence-electron chi connectivity index (χ2n) is 4.30. The third-order valence-corrected chi connectivity index (χ3v) is 3.77. The molecule has 0 amide bonds. The van der Waals surface area contributed by atoms with E-state index in [4.69, 9.17) is 17.3 Å². The van der Waals surface area contributed by atoms with Gasteiger partial charge in [0.15, 0.2) is 0 Å². The second-order valence-corrected chi connectivity index (χ2v) is 5.56. The highest BCUT2D eigenvalue weighted by molar-refractivity contribution is 9.10. The zero-order chi connectivity index (χ0) is 11.6. The number of aliphatic hydroxyl groups is 1. The summed E-state index contributed by atoms with van der Waals surface area (Å²) in [4.78, 5) is 0. The summed E-state index contributed by atoms with van der Waals surface area (Å²) in [5.74, 6) is 0. The van der Waals surface area contributed by atoms with Crippen molar-refractivity contribution in [1.29, 1.82) is 0 Å². The Morgan fingerprint density at radius 1 is 1.53 bits per heavy atom. The Balaban J connectivity index is 3.02. The van der Waals surface area contributed by atoms with Crippen molar-refractivity contribution in [2.24, 2.45) is 11.1 Å². The Morgan fingerprint density at radius 2 is 2.13 bits per heavy atom. The maximum Gasteiger partial charge on any atom is 0.0548 e. The van der Waals surface area contributed by atoms with E-state index in [1.165, 1.54) is 0 Å². The monoisotopic (exact) mass is 291 g/mol. The van der Waals surface area contributed by atoms with Gasteiger partial charge < -0.3 is 10.8 Å². The number of hydrogen-bond acceptors (Lipinski definition) is 2. The Kier molecular flexibility index (Phi) is 4.18. The highest BCUT2D eigenvalue weighted by Crippen LogP contribution is 2.33. The average Bonchev–Trinajstić information content (AvgIpc) is 2.21. The van der Waals surface area contributed by atoms with Gasteiger partial charge in [-0.2, -0.15) is 0 Å². The van der Waals surface area contributed by atoms with E-state index in [9.17, 15) is 5.11 Å². The van der Waals surface area contributed by atoms with Gasteiger partial charge in [0.2, 0.25) is 0 Å². The van der Waals surface area contributed by atoms with Crippen LogP contribution in [0.3, 0.4) is 0 Å². The van der Waals surface area contributed by atoms with E-state index in [0.717, 1.165) is 10.0 Å². The highest BCUT2D eigenvalue weighted by Gasteiger charge is 2.27. The Hall–Kier alpha value is -0.0900. The minimum Gasteiger partial charge on any atom is -0.396 e. The van der Waals surface area contributed by atoms with E-state index in [2.05, 4.69) is 15.9 Å². The summed E-state index contributed by atoms with van der Waals surface area (Å²) in [7, 11) is 0. The normalized spacial score (nSPS) is 14.0. The minimum absolute atomic E-state index is 0.0500. The number of nitrogens with two attached hydrogens (primary N) is 1. The molecule has 0 fully saturated rings. The number of rotatable bonds is 3. The van der Waals surface area contributed by atoms with Crippen LogP contribution < -0.4 is 5.73 Å². The molecule has 84 valence electrons. The molecule has 0 aromatic heterocycles. The van der Waals surface area contributed by atoms with Gasteiger partial charge in [-0.3, -0.25) is 0 Å². The fourth-order valence-corrected chi connectivity index (χ4v) is 1.77. The zero-order valence-electron chi connectivity index (χ0n) is 8.80. The van der Waals surface area contributed by atoms with Crippen LogP contribution in [0, 0.1) is 5.41 Å². The fraction of sp³-hybridized carbons (Fsp3) is 0.455. The number of hydrogen-bond donors (Lipinski definition) is 2. The molecule has 1 aromatic carbocycles. The molecule has 1 rings (SSSR count). The van der Waals surface area contributed by atoms with Gasteiger partial charge in [0.1, 0.15) is 0 Å². The molecule has 4 heteroatoms. The van der Waals surface area contributed by atoms with Crippen molar-refractivity contribution in [3.63, 3.8) is 0 Å². The molecule has 2 nitrogen and oxygen atoms in total. The summed E-state index contributed by atoms with van der Waals surface area (Å²) >= 11 is 9.25. The fourth-order valence-electron chi connectivity index (χ4n) is 1.26. The molecule has 0 saturated carbocycles. The number of benzene rings is 1. The third-order valence-electron chi connectivity index (χ3n) is 2.55. The van der Waals surface area contributed by atoms with E-state index in [-0.39, 0.29) is 18.1 Å². The predicted octanol–water partition coefficient (Wildman–Crippen LogP) is 3.12. The maximum absolute atomic E-state index is 9.23. The smallest absolute Gasteiger partial charge is 0.0548 e. The van der Waals surface area contributed by atoms with Crippen LogP contribution in [0.1, 0.15) is 25.5 Å². The molecule has 0 aliphatic rings. The summed E-state index contributed by atoms with van der Waals surface area (Å²) < 4.78 is 0.825. The van der Waals surface area contributed by atoms with Crippen molar-refractivity contribution in [2.45, 2.75) is 19.9 Å². The van der Waals surface area contributed by atoms with Gasteiger partial charge in [0, 0.05) is 22.5 Å². The van der Waals surface area contributed by atoms with Crippen LogP contribution in [0.15, 0.2) is 22.7 Å². The predicted molar refractivity (Wildman–Crippen MR) is 66.9 cm³/mol. The zero-order valence-corrected chi connectivity index (χ0v) is 11.1. The van der Waals surface area contributed by atoms with E-state index >= 15 is 0 Å². The molecule has 0 aliphatic heterocycles. The van der Waals surface area contributed by atoms with Crippen molar-refractivity contribution in [3.8, 4) is 0 Å². The van der Waals surface area contributed by atoms with Crippen LogP contribution >= 0.6 is 27.5 Å². The molecule has 15 heavy (non-hydrogen) atoms. The van der Waals surface area contributed by atoms with Crippen molar-refractivity contribution in [1.82, 2.24) is 0 Å². The largest absolute Gasteiger partial charge is 0.396 e. The van der Waals surface area contributed by atoms with Gasteiger partial charge in [-0.05, 0) is 33.6 Å². The van der Waals surface area contributed by atoms with Gasteiger partial charge in [0.25, 0.3) is 0 Å². The van der Waals surface area contributed by atoms with Crippen LogP contribution in [-0.2, 0) is 0 Å². The first-order valence-electron chi connectivity index (χ1n) is 4.70. The lowest BCUT2D eigenvalue weighted by atomic mass is 9.82. The standard InChI is InChI=1S/C11H15BrClNO/c1-11(2,6-15)10(14)7-3-4-9(13)8(12)5-7/h3-5,10,15H,6,14H2,1-2H3/t10-/m0/s1. The first-order chi connectivity index (χ1) is 6.88. The van der Waals surface area contributed by atoms with Crippen LogP contribution in [-0.4, -0.2) is 11.7 Å². The van der Waals surface area contributed by atoms with Crippen LogP contribution in [0.4, 0.5) is 0 Å². The van der Waals surface area contributed by atoms with Gasteiger partial charge in [0.05, 0.1) is 5.02 Å². The van der Waals surface area contributed by atoms with Crippen molar-refractivity contribution < 1.29 is 5.11 Å². The lowest BCUT2D eigenvalue weighted by molar-refractivity contribution is 0.132. The van der Waals surface area contributed by atoms with Crippen molar-refractivity contribution in [2.75, 3.05) is 6.61 Å². The number of halogens is 2. The highest BCUT2D eigenvalue weighted by atomic mass is 79.9. The molecule has 0 heterocycles. The molecular formula is C11H15BrClNO. The molecule has 0 radical (unpaired) electrons. The third kappa shape index (κ3) is 2.94. The molecule has 0 bridgehead atoms. The Labute approximate surface area is 104 Å². The topological polar surface area (TPSA) is 46.2 Å². The van der Waals surface area contributed by atoms with Crippen molar-refractivity contribution in [3.05, 3.63) is 33.3 Å². The average molecular weight is 293 g/mol.